The van der Waals surface area contributed by atoms with Gasteiger partial charge in [-0.15, -0.1) is 0 Å². The first kappa shape index (κ1) is 18.7. The summed E-state index contributed by atoms with van der Waals surface area (Å²) in [4.78, 5) is 11.9. The van der Waals surface area contributed by atoms with Gasteiger partial charge in [0, 0.05) is 13.1 Å². The summed E-state index contributed by atoms with van der Waals surface area (Å²) in [5.41, 5.74) is 4.93. The van der Waals surface area contributed by atoms with Crippen molar-refractivity contribution in [2.24, 2.45) is 11.1 Å². The van der Waals surface area contributed by atoms with Crippen LogP contribution in [0, 0.1) is 5.41 Å². The highest BCUT2D eigenvalue weighted by molar-refractivity contribution is 7.89. The normalized spacial score (nSPS) is 18.2. The zero-order chi connectivity index (χ0) is 17.8. The maximum Gasteiger partial charge on any atom is 0.243 e. The summed E-state index contributed by atoms with van der Waals surface area (Å²) >= 11 is 0. The van der Waals surface area contributed by atoms with Crippen LogP contribution in [0.2, 0.25) is 0 Å². The number of sulfonamides is 1. The molecule has 0 aromatic heterocycles. The van der Waals surface area contributed by atoms with Gasteiger partial charge in [-0.1, -0.05) is 13.8 Å². The molecule has 0 spiro atoms. The van der Waals surface area contributed by atoms with Crippen molar-refractivity contribution in [3.63, 3.8) is 0 Å². The molecule has 2 rings (SSSR count). The maximum absolute atomic E-state index is 12.8. The molecule has 134 valence electrons. The summed E-state index contributed by atoms with van der Waals surface area (Å²) in [6.07, 6.45) is 2.47. The Morgan fingerprint density at radius 3 is 2.25 bits per heavy atom. The van der Waals surface area contributed by atoms with Crippen molar-refractivity contribution in [1.82, 2.24) is 4.31 Å². The Hall–Kier alpha value is -1.60. The third-order valence-corrected chi connectivity index (χ3v) is 6.73. The Morgan fingerprint density at radius 1 is 1.21 bits per heavy atom. The molecular weight excluding hydrogens is 328 g/mol. The quantitative estimate of drug-likeness (QED) is 0.812. The molecule has 1 fully saturated rings. The Kier molecular flexibility index (Phi) is 5.87. The Balaban J connectivity index is 2.10. The second-order valence-corrected chi connectivity index (χ2v) is 8.16. The lowest BCUT2D eigenvalue weighted by Gasteiger charge is -2.38. The average Bonchev–Trinajstić information content (AvgIpc) is 2.60. The molecule has 1 heterocycles. The maximum atomic E-state index is 12.8. The van der Waals surface area contributed by atoms with Gasteiger partial charge >= 0.3 is 0 Å². The number of nitrogens with two attached hydrogens (primary N) is 1. The molecule has 1 aromatic carbocycles. The van der Waals surface area contributed by atoms with E-state index >= 15 is 0 Å². The lowest BCUT2D eigenvalue weighted by atomic mass is 9.76. The minimum atomic E-state index is -3.56. The van der Waals surface area contributed by atoms with Crippen LogP contribution < -0.4 is 10.5 Å². The lowest BCUT2D eigenvalue weighted by molar-refractivity contribution is -0.130. The Morgan fingerprint density at radius 2 is 1.79 bits per heavy atom. The van der Waals surface area contributed by atoms with E-state index < -0.39 is 15.4 Å². The summed E-state index contributed by atoms with van der Waals surface area (Å²) in [6.45, 7) is 5.16. The first-order valence-electron chi connectivity index (χ1n) is 8.38. The van der Waals surface area contributed by atoms with Gasteiger partial charge in [-0.2, -0.15) is 4.31 Å². The van der Waals surface area contributed by atoms with E-state index in [-0.39, 0.29) is 10.8 Å². The van der Waals surface area contributed by atoms with Crippen molar-refractivity contribution in [2.75, 3.05) is 19.7 Å². The zero-order valence-electron chi connectivity index (χ0n) is 14.3. The van der Waals surface area contributed by atoms with E-state index in [2.05, 4.69) is 0 Å². The van der Waals surface area contributed by atoms with Crippen molar-refractivity contribution >= 4 is 15.9 Å². The van der Waals surface area contributed by atoms with E-state index in [0.717, 1.165) is 6.42 Å². The van der Waals surface area contributed by atoms with Gasteiger partial charge in [0.25, 0.3) is 0 Å². The van der Waals surface area contributed by atoms with Gasteiger partial charge in [0.1, 0.15) is 5.75 Å². The van der Waals surface area contributed by atoms with E-state index in [1.807, 2.05) is 13.8 Å². The number of nitrogens with zero attached hydrogens (tertiary/aromatic N) is 1. The molecule has 1 aliphatic heterocycles. The number of rotatable bonds is 7. The standard InChI is InChI=1S/C17H26N2O4S/c1-3-13-23-14-5-7-15(8-6-14)24(21,22)19-11-9-17(4-2,10-12-19)16(18)20/h5-8H,3-4,9-13H2,1-2H3,(H2,18,20). The predicted molar refractivity (Wildman–Crippen MR) is 92.1 cm³/mol. The Labute approximate surface area is 144 Å². The molecule has 0 radical (unpaired) electrons. The molecule has 24 heavy (non-hydrogen) atoms. The summed E-state index contributed by atoms with van der Waals surface area (Å²) in [7, 11) is -3.56. The number of carbonyl (C=O) groups excluding carboxylic acids is 1. The van der Waals surface area contributed by atoms with E-state index in [4.69, 9.17) is 10.5 Å². The molecule has 0 saturated carbocycles. The molecule has 0 aliphatic carbocycles. The van der Waals surface area contributed by atoms with Crippen LogP contribution in [-0.2, 0) is 14.8 Å². The van der Waals surface area contributed by atoms with Crippen molar-refractivity contribution in [3.8, 4) is 5.75 Å². The lowest BCUT2D eigenvalue weighted by Crippen LogP contribution is -2.48. The summed E-state index contributed by atoms with van der Waals surface area (Å²) in [5, 5.41) is 0. The average molecular weight is 354 g/mol. The number of hydrogen-bond donors (Lipinski definition) is 1. The molecule has 0 atom stereocenters. The highest BCUT2D eigenvalue weighted by Gasteiger charge is 2.41. The molecule has 1 amide bonds. The molecule has 1 aliphatic rings. The third kappa shape index (κ3) is 3.72. The second kappa shape index (κ2) is 7.53. The smallest absolute Gasteiger partial charge is 0.243 e. The monoisotopic (exact) mass is 354 g/mol. The van der Waals surface area contributed by atoms with Crippen molar-refractivity contribution < 1.29 is 17.9 Å². The molecule has 6 nitrogen and oxygen atoms in total. The van der Waals surface area contributed by atoms with Crippen molar-refractivity contribution in [3.05, 3.63) is 24.3 Å². The third-order valence-electron chi connectivity index (χ3n) is 4.81. The van der Waals surface area contributed by atoms with E-state index in [1.54, 1.807) is 24.3 Å². The van der Waals surface area contributed by atoms with Crippen LogP contribution >= 0.6 is 0 Å². The summed E-state index contributed by atoms with van der Waals surface area (Å²) in [5.74, 6) is 0.327. The topological polar surface area (TPSA) is 89.7 Å². The predicted octanol–water partition coefficient (Wildman–Crippen LogP) is 2.14. The minimum Gasteiger partial charge on any atom is -0.494 e. The highest BCUT2D eigenvalue weighted by Crippen LogP contribution is 2.36. The summed E-state index contributed by atoms with van der Waals surface area (Å²) in [6, 6.07) is 6.48. The summed E-state index contributed by atoms with van der Waals surface area (Å²) < 4.78 is 32.4. The molecule has 0 unspecified atom stereocenters. The van der Waals surface area contributed by atoms with Crippen LogP contribution in [0.3, 0.4) is 0 Å². The number of ether oxygens (including phenoxy) is 1. The van der Waals surface area contributed by atoms with Crippen LogP contribution in [0.15, 0.2) is 29.2 Å². The molecule has 2 N–H and O–H groups in total. The fourth-order valence-electron chi connectivity index (χ4n) is 3.01. The van der Waals surface area contributed by atoms with Gasteiger partial charge in [-0.3, -0.25) is 4.79 Å². The number of carbonyl (C=O) groups is 1. The highest BCUT2D eigenvalue weighted by atomic mass is 32.2. The van der Waals surface area contributed by atoms with Crippen molar-refractivity contribution in [2.45, 2.75) is 44.4 Å². The first-order valence-corrected chi connectivity index (χ1v) is 9.82. The van der Waals surface area contributed by atoms with E-state index in [9.17, 15) is 13.2 Å². The van der Waals surface area contributed by atoms with Crippen LogP contribution in [0.25, 0.3) is 0 Å². The van der Waals surface area contributed by atoms with Crippen molar-refractivity contribution in [1.29, 1.82) is 0 Å². The number of benzene rings is 1. The molecule has 1 saturated heterocycles. The zero-order valence-corrected chi connectivity index (χ0v) is 15.1. The molecule has 0 bridgehead atoms. The fourth-order valence-corrected chi connectivity index (χ4v) is 4.45. The fraction of sp³-hybridized carbons (Fsp3) is 0.588. The first-order chi connectivity index (χ1) is 11.4. The number of hydrogen-bond acceptors (Lipinski definition) is 4. The number of primary amides is 1. The van der Waals surface area contributed by atoms with Gasteiger partial charge < -0.3 is 10.5 Å². The van der Waals surface area contributed by atoms with E-state index in [1.165, 1.54) is 4.31 Å². The van der Waals surface area contributed by atoms with Crippen LogP contribution in [0.4, 0.5) is 0 Å². The van der Waals surface area contributed by atoms with Gasteiger partial charge in [-0.05, 0) is 49.9 Å². The van der Waals surface area contributed by atoms with Crippen LogP contribution in [0.1, 0.15) is 39.5 Å². The molecular formula is C17H26N2O4S. The second-order valence-electron chi connectivity index (χ2n) is 6.22. The van der Waals surface area contributed by atoms with Crippen LogP contribution in [0.5, 0.6) is 5.75 Å². The van der Waals surface area contributed by atoms with Gasteiger partial charge in [0.05, 0.1) is 16.9 Å². The van der Waals surface area contributed by atoms with Crippen LogP contribution in [-0.4, -0.2) is 38.3 Å². The SMILES string of the molecule is CCCOc1ccc(S(=O)(=O)N2CCC(CC)(C(N)=O)CC2)cc1. The largest absolute Gasteiger partial charge is 0.494 e. The van der Waals surface area contributed by atoms with Gasteiger partial charge in [0.2, 0.25) is 15.9 Å². The Bertz CT molecular complexity index is 662. The van der Waals surface area contributed by atoms with Gasteiger partial charge in [0.15, 0.2) is 0 Å². The van der Waals surface area contributed by atoms with E-state index in [0.29, 0.717) is 44.7 Å². The number of amides is 1. The minimum absolute atomic E-state index is 0.245. The number of piperidine rings is 1. The molecule has 7 heteroatoms. The van der Waals surface area contributed by atoms with Gasteiger partial charge in [-0.25, -0.2) is 8.42 Å². The molecule has 1 aromatic rings.